The monoisotopic (exact) mass is 980 g/mol. The van der Waals surface area contributed by atoms with E-state index in [2.05, 4.69) is 255 Å². The largest absolute Gasteiger partial charge is 0.373 e. The molecule has 14 atom stereocenters. The lowest BCUT2D eigenvalue weighted by Gasteiger charge is -2.50. The van der Waals surface area contributed by atoms with Crippen LogP contribution in [0.3, 0.4) is 0 Å². The number of fused-ring (bicyclic) bond motifs is 24. The Hall–Kier alpha value is -8.02. The second-order valence-electron chi connectivity index (χ2n) is 22.9. The van der Waals surface area contributed by atoms with E-state index in [0.717, 1.165) is 66.8 Å². The zero-order valence-corrected chi connectivity index (χ0v) is 41.7. The number of carbonyl (C=O) groups is 2. The van der Waals surface area contributed by atoms with Crippen molar-refractivity contribution in [3.63, 3.8) is 0 Å². The van der Waals surface area contributed by atoms with Gasteiger partial charge in [-0.1, -0.05) is 255 Å². The Morgan fingerprint density at radius 3 is 0.776 bits per heavy atom. The van der Waals surface area contributed by atoms with Gasteiger partial charge in [-0.3, -0.25) is 9.59 Å². The van der Waals surface area contributed by atoms with Gasteiger partial charge in [-0.2, -0.15) is 0 Å². The molecule has 2 saturated carbocycles. The lowest BCUT2D eigenvalue weighted by atomic mass is 9.49. The molecule has 4 aliphatic heterocycles. The van der Waals surface area contributed by atoms with Crippen molar-refractivity contribution >= 4 is 33.9 Å². The molecule has 76 heavy (non-hydrogen) atoms. The summed E-state index contributed by atoms with van der Waals surface area (Å²) in [7, 11) is 0. The summed E-state index contributed by atoms with van der Waals surface area (Å²) in [4.78, 5) is 34.2. The topological polar surface area (TPSA) is 52.6 Å². The number of rotatable bonds is 8. The minimum atomic E-state index is -1.03. The summed E-state index contributed by atoms with van der Waals surface area (Å²) in [6, 6.07) is 85.7. The first-order valence-electron chi connectivity index (χ1n) is 27.4. The quantitative estimate of drug-likeness (QED) is 0.152. The van der Waals surface area contributed by atoms with E-state index in [1.165, 1.54) is 11.1 Å². The molecule has 0 spiro atoms. The average molecular weight is 981 g/mol. The molecule has 364 valence electrons. The second-order valence-corrected chi connectivity index (χ2v) is 22.9. The van der Waals surface area contributed by atoms with Crippen LogP contribution in [0.2, 0.25) is 0 Å². The van der Waals surface area contributed by atoms with Gasteiger partial charge in [0.2, 0.25) is 0 Å². The Kier molecular flexibility index (Phi) is 8.71. The maximum Gasteiger partial charge on any atom is 0.163 e. The zero-order chi connectivity index (χ0) is 50.1. The molecule has 0 radical (unpaired) electrons. The molecule has 5 aliphatic carbocycles. The second kappa shape index (κ2) is 15.3. The third-order valence-corrected chi connectivity index (χ3v) is 20.3. The van der Waals surface area contributed by atoms with Crippen molar-refractivity contribution in [3.8, 4) is 0 Å². The maximum absolute atomic E-state index is 17.1. The Morgan fingerprint density at radius 1 is 0.276 bits per heavy atom. The van der Waals surface area contributed by atoms with Gasteiger partial charge in [-0.15, -0.1) is 0 Å². The first kappa shape index (κ1) is 43.2. The van der Waals surface area contributed by atoms with Crippen LogP contribution < -0.4 is 0 Å². The normalized spacial score (nSPS) is 35.3. The summed E-state index contributed by atoms with van der Waals surface area (Å²) in [6.45, 7) is 0. The molecule has 4 nitrogen and oxygen atoms in total. The summed E-state index contributed by atoms with van der Waals surface area (Å²) in [6.07, 6.45) is 3.85. The van der Waals surface area contributed by atoms with E-state index in [4.69, 9.17) is 9.47 Å². The van der Waals surface area contributed by atoms with Crippen molar-refractivity contribution in [1.82, 2.24) is 0 Å². The van der Waals surface area contributed by atoms with Crippen molar-refractivity contribution in [2.45, 2.75) is 46.1 Å². The highest BCUT2D eigenvalue weighted by Crippen LogP contribution is 2.82. The number of hydrogen-bond acceptors (Lipinski definition) is 4. The fraction of sp³-hybridized carbons (Fsp3) is 0.194. The number of carbonyl (C=O) groups excluding carboxylic acids is 2. The van der Waals surface area contributed by atoms with Gasteiger partial charge >= 0.3 is 0 Å². The predicted octanol–water partition coefficient (Wildman–Crippen LogP) is 13.3. The minimum Gasteiger partial charge on any atom is -0.373 e. The molecule has 14 unspecified atom stereocenters. The molecule has 8 bridgehead atoms. The van der Waals surface area contributed by atoms with E-state index in [9.17, 15) is 0 Å². The van der Waals surface area contributed by atoms with Gasteiger partial charge in [0.15, 0.2) is 11.6 Å². The molecule has 4 heterocycles. The molecule has 6 fully saturated rings. The zero-order valence-electron chi connectivity index (χ0n) is 41.7. The van der Waals surface area contributed by atoms with Gasteiger partial charge in [0.05, 0.1) is 46.1 Å². The van der Waals surface area contributed by atoms with E-state index < -0.39 is 21.7 Å². The van der Waals surface area contributed by atoms with Crippen LogP contribution in [0.4, 0.5) is 0 Å². The van der Waals surface area contributed by atoms with Gasteiger partial charge < -0.3 is 9.47 Å². The third kappa shape index (κ3) is 4.84. The fourth-order valence-electron chi connectivity index (χ4n) is 18.4. The highest BCUT2D eigenvalue weighted by molar-refractivity contribution is 6.31. The van der Waals surface area contributed by atoms with Crippen LogP contribution in [0.25, 0.3) is 22.3 Å². The van der Waals surface area contributed by atoms with Crippen molar-refractivity contribution in [2.24, 2.45) is 35.5 Å². The van der Waals surface area contributed by atoms with Crippen LogP contribution >= 0.6 is 0 Å². The molecule has 4 saturated heterocycles. The Labute approximate surface area is 442 Å². The maximum atomic E-state index is 17.1. The van der Waals surface area contributed by atoms with E-state index in [0.29, 0.717) is 0 Å². The smallest absolute Gasteiger partial charge is 0.163 e. The molecule has 4 heteroatoms. The molecular formula is C72H52O4. The summed E-state index contributed by atoms with van der Waals surface area (Å²) >= 11 is 0. The molecule has 0 N–H and O–H groups in total. The summed E-state index contributed by atoms with van der Waals surface area (Å²) < 4.78 is 15.5. The van der Waals surface area contributed by atoms with Crippen molar-refractivity contribution in [1.29, 1.82) is 0 Å². The third-order valence-electron chi connectivity index (χ3n) is 20.3. The van der Waals surface area contributed by atoms with Gasteiger partial charge in [0.25, 0.3) is 0 Å². The highest BCUT2D eigenvalue weighted by atomic mass is 16.5. The van der Waals surface area contributed by atoms with Gasteiger partial charge in [0.1, 0.15) is 0 Å². The average Bonchev–Trinajstić information content (AvgIpc) is 4.15. The lowest BCUT2D eigenvalue weighted by molar-refractivity contribution is -0.125. The lowest BCUT2D eigenvalue weighted by Crippen LogP contribution is -2.52. The van der Waals surface area contributed by atoms with E-state index in [1.54, 1.807) is 0 Å². The number of allylic oxidation sites excluding steroid dienone is 4. The number of Topliss-reactive ketones (excluding diaryl/α,β-unsaturated/α-hetero) is 2. The van der Waals surface area contributed by atoms with Crippen molar-refractivity contribution in [2.75, 3.05) is 0 Å². The van der Waals surface area contributed by atoms with Gasteiger partial charge in [-0.25, -0.2) is 0 Å². The van der Waals surface area contributed by atoms with Crippen LogP contribution in [0, 0.1) is 35.5 Å². The number of ether oxygens (including phenoxy) is 2. The minimum absolute atomic E-state index is 0.0155. The predicted molar refractivity (Wildman–Crippen MR) is 296 cm³/mol. The SMILES string of the molecule is O=C1C2(c3ccccc3)C(c3ccccc3)=C(c3ccccc3)C1(c1ccccc1)C1C3OC(C4=CC5C(C=C43)C3OC5C4C3C3(c5ccccc5)C(=O)C4(c4ccccc4)C(c4ccccc4)=C3c3ccccc3)C12. The van der Waals surface area contributed by atoms with Gasteiger partial charge in [0, 0.05) is 35.5 Å². The molecular weight excluding hydrogens is 929 g/mol. The van der Waals surface area contributed by atoms with Crippen molar-refractivity contribution in [3.05, 3.63) is 310 Å². The van der Waals surface area contributed by atoms with Crippen LogP contribution in [0.15, 0.2) is 266 Å². The first-order valence-corrected chi connectivity index (χ1v) is 27.4. The molecule has 0 amide bonds. The van der Waals surface area contributed by atoms with Crippen LogP contribution in [0.1, 0.15) is 44.5 Å². The summed E-state index contributed by atoms with van der Waals surface area (Å²) in [5.41, 5.74) is 11.1. The molecule has 9 aliphatic rings. The number of benzene rings is 8. The Balaban J connectivity index is 0.912. The Bertz CT molecular complexity index is 3610. The van der Waals surface area contributed by atoms with E-state index >= 15 is 9.59 Å². The van der Waals surface area contributed by atoms with Crippen LogP contribution in [-0.2, 0) is 40.7 Å². The fourth-order valence-corrected chi connectivity index (χ4v) is 18.4. The summed E-state index contributed by atoms with van der Waals surface area (Å²) in [5, 5.41) is 0. The van der Waals surface area contributed by atoms with Crippen LogP contribution in [-0.4, -0.2) is 36.0 Å². The first-order chi connectivity index (χ1) is 37.6. The van der Waals surface area contributed by atoms with E-state index in [1.807, 2.05) is 0 Å². The molecule has 8 aromatic carbocycles. The molecule has 17 rings (SSSR count). The number of ketones is 2. The van der Waals surface area contributed by atoms with Gasteiger partial charge in [-0.05, 0) is 77.9 Å². The highest BCUT2D eigenvalue weighted by Gasteiger charge is 2.86. The standard InChI is InChI=1S/C72H52O4/c73-67-69(47-33-17-5-18-34-47)55(43-25-9-1-10-26-43)56(44-27-11-2-12-28-44)70(67,48-35-19-6-20-36-48)60-59(69)63-51-41-53-54(42-52(51)64(60)75-63)66-62-61(65(53)76-66)71(49-37-21-7-22-38-49)57(45-29-13-3-14-30-45)58(46-31-15-4-16-32-46)72(62,68(71)74)50-39-23-8-24-40-50/h1-42,51-52,59-66H. The Morgan fingerprint density at radius 2 is 0.513 bits per heavy atom. The van der Waals surface area contributed by atoms with E-state index in [-0.39, 0.29) is 71.5 Å². The van der Waals surface area contributed by atoms with Crippen molar-refractivity contribution < 1.29 is 19.1 Å². The van der Waals surface area contributed by atoms with Crippen LogP contribution in [0.5, 0.6) is 0 Å². The summed E-state index contributed by atoms with van der Waals surface area (Å²) in [5.74, 6) is -0.265. The molecule has 0 aromatic heterocycles. The molecule has 8 aromatic rings. The number of hydrogen-bond donors (Lipinski definition) is 0.